The molecule has 0 fully saturated rings. The molecule has 5 heteroatoms. The highest BCUT2D eigenvalue weighted by Crippen LogP contribution is 2.17. The molecule has 72 valence electrons. The molecule has 4 nitrogen and oxygen atoms in total. The molecule has 0 bridgehead atoms. The van der Waals surface area contributed by atoms with Gasteiger partial charge in [-0.05, 0) is 6.07 Å². The third-order valence-corrected chi connectivity index (χ3v) is 2.42. The lowest BCUT2D eigenvalue weighted by Gasteiger charge is -1.97. The first-order chi connectivity index (χ1) is 6.25. The van der Waals surface area contributed by atoms with Gasteiger partial charge in [-0.3, -0.25) is 0 Å². The van der Waals surface area contributed by atoms with Crippen LogP contribution < -0.4 is 0 Å². The van der Waals surface area contributed by atoms with E-state index in [9.17, 15) is 4.79 Å². The first-order valence-corrected chi connectivity index (χ1v) is 4.89. The fourth-order valence-electron chi connectivity index (χ4n) is 0.884. The van der Waals surface area contributed by atoms with Gasteiger partial charge in [-0.1, -0.05) is 0 Å². The summed E-state index contributed by atoms with van der Waals surface area (Å²) < 4.78 is 4.78. The highest BCUT2D eigenvalue weighted by molar-refractivity contribution is 7.98. The number of hydrogen-bond donors (Lipinski definition) is 2. The van der Waals surface area contributed by atoms with Crippen LogP contribution in [0.25, 0.3) is 0 Å². The van der Waals surface area contributed by atoms with Crippen LogP contribution in [0.2, 0.25) is 0 Å². The molecular formula is C8H10O4S. The maximum absolute atomic E-state index is 10.6. The predicted octanol–water partition coefficient (Wildman–Crippen LogP) is 1.20. The van der Waals surface area contributed by atoms with Gasteiger partial charge in [0.1, 0.15) is 0 Å². The van der Waals surface area contributed by atoms with Crippen molar-refractivity contribution >= 4 is 17.7 Å². The van der Waals surface area contributed by atoms with Crippen LogP contribution in [-0.4, -0.2) is 28.5 Å². The maximum Gasteiger partial charge on any atom is 0.372 e. The van der Waals surface area contributed by atoms with Crippen molar-refractivity contribution in [1.82, 2.24) is 0 Å². The van der Waals surface area contributed by atoms with Crippen molar-refractivity contribution in [2.75, 3.05) is 12.4 Å². The van der Waals surface area contributed by atoms with Crippen LogP contribution in [0.1, 0.15) is 16.1 Å². The van der Waals surface area contributed by atoms with Crippen molar-refractivity contribution in [3.05, 3.63) is 23.7 Å². The number of carboxylic acids is 1. The third-order valence-electron chi connectivity index (χ3n) is 1.43. The minimum Gasteiger partial charge on any atom is -0.475 e. The molecule has 0 unspecified atom stereocenters. The second-order valence-electron chi connectivity index (χ2n) is 2.36. The Balaban J connectivity index is 2.55. The largest absolute Gasteiger partial charge is 0.475 e. The predicted molar refractivity (Wildman–Crippen MR) is 48.9 cm³/mol. The Bertz CT molecular complexity index is 281. The lowest BCUT2D eigenvalue weighted by molar-refractivity contribution is 0.0661. The van der Waals surface area contributed by atoms with E-state index >= 15 is 0 Å². The summed E-state index contributed by atoms with van der Waals surface area (Å²) in [7, 11) is 0. The summed E-state index contributed by atoms with van der Waals surface area (Å²) in [5.74, 6) is 0.0955. The Morgan fingerprint density at radius 1 is 1.62 bits per heavy atom. The van der Waals surface area contributed by atoms with Crippen LogP contribution in [0.15, 0.2) is 16.7 Å². The highest BCUT2D eigenvalue weighted by Gasteiger charge is 2.12. The number of carbonyl (C=O) groups is 1. The number of aliphatic hydroxyl groups is 1. The molecule has 0 aliphatic carbocycles. The summed E-state index contributed by atoms with van der Waals surface area (Å²) in [5.41, 5.74) is 0.658. The number of aromatic carboxylic acids is 1. The zero-order valence-electron chi connectivity index (χ0n) is 6.90. The molecule has 0 aliphatic rings. The van der Waals surface area contributed by atoms with Gasteiger partial charge in [0.2, 0.25) is 5.76 Å². The van der Waals surface area contributed by atoms with Crippen LogP contribution in [0.4, 0.5) is 0 Å². The van der Waals surface area contributed by atoms with Crippen molar-refractivity contribution in [2.45, 2.75) is 5.75 Å². The van der Waals surface area contributed by atoms with E-state index in [0.29, 0.717) is 17.1 Å². The van der Waals surface area contributed by atoms with Crippen LogP contribution in [0.3, 0.4) is 0 Å². The fourth-order valence-corrected chi connectivity index (χ4v) is 1.60. The van der Waals surface area contributed by atoms with Crippen molar-refractivity contribution in [2.24, 2.45) is 0 Å². The lowest BCUT2D eigenvalue weighted by atomic mass is 10.3. The molecule has 0 spiro atoms. The van der Waals surface area contributed by atoms with Gasteiger partial charge in [0.25, 0.3) is 0 Å². The van der Waals surface area contributed by atoms with E-state index in [1.807, 2.05) is 0 Å². The summed E-state index contributed by atoms with van der Waals surface area (Å²) in [4.78, 5) is 10.6. The Kier molecular flexibility index (Phi) is 3.85. The zero-order chi connectivity index (χ0) is 9.68. The van der Waals surface area contributed by atoms with Crippen LogP contribution in [0.5, 0.6) is 0 Å². The Labute approximate surface area is 79.6 Å². The lowest BCUT2D eigenvalue weighted by Crippen LogP contribution is -1.98. The fraction of sp³-hybridized carbons (Fsp3) is 0.375. The third kappa shape index (κ3) is 2.78. The number of thioether (sulfide) groups is 1. The van der Waals surface area contributed by atoms with Crippen molar-refractivity contribution in [1.29, 1.82) is 0 Å². The Morgan fingerprint density at radius 2 is 2.38 bits per heavy atom. The van der Waals surface area contributed by atoms with Gasteiger partial charge >= 0.3 is 5.97 Å². The van der Waals surface area contributed by atoms with Gasteiger partial charge in [0, 0.05) is 17.1 Å². The van der Waals surface area contributed by atoms with Crippen molar-refractivity contribution in [3.8, 4) is 0 Å². The van der Waals surface area contributed by atoms with Crippen molar-refractivity contribution < 1.29 is 19.4 Å². The first kappa shape index (κ1) is 10.1. The smallest absolute Gasteiger partial charge is 0.372 e. The molecule has 0 radical (unpaired) electrons. The van der Waals surface area contributed by atoms with Gasteiger partial charge in [0.15, 0.2) is 0 Å². The van der Waals surface area contributed by atoms with E-state index in [4.69, 9.17) is 14.6 Å². The molecule has 0 saturated carbocycles. The molecular weight excluding hydrogens is 192 g/mol. The second-order valence-corrected chi connectivity index (χ2v) is 3.46. The Morgan fingerprint density at radius 3 is 3.00 bits per heavy atom. The molecule has 13 heavy (non-hydrogen) atoms. The number of furan rings is 1. The molecule has 1 rings (SSSR count). The molecule has 0 atom stereocenters. The molecule has 1 aromatic heterocycles. The first-order valence-electron chi connectivity index (χ1n) is 3.74. The average Bonchev–Trinajstić information content (AvgIpc) is 2.53. The number of carboxylic acid groups (broad SMARTS) is 1. The van der Waals surface area contributed by atoms with E-state index in [1.165, 1.54) is 18.0 Å². The summed E-state index contributed by atoms with van der Waals surface area (Å²) in [6.45, 7) is 0.102. The van der Waals surface area contributed by atoms with Crippen molar-refractivity contribution in [3.63, 3.8) is 0 Å². The minimum absolute atomic E-state index is 0.00885. The monoisotopic (exact) mass is 202 g/mol. The highest BCUT2D eigenvalue weighted by atomic mass is 32.2. The average molecular weight is 202 g/mol. The minimum atomic E-state index is -1.05. The van der Waals surface area contributed by atoms with E-state index in [1.54, 1.807) is 6.07 Å². The van der Waals surface area contributed by atoms with Crippen LogP contribution >= 0.6 is 11.8 Å². The standard InChI is InChI=1S/C8H10O4S/c9-2-4-13-5-6-1-3-12-7(6)8(10)11/h1,3,9H,2,4-5H2,(H,10,11). The molecule has 2 N–H and O–H groups in total. The maximum atomic E-state index is 10.6. The van der Waals surface area contributed by atoms with E-state index < -0.39 is 5.97 Å². The van der Waals surface area contributed by atoms with E-state index in [0.717, 1.165) is 0 Å². The van der Waals surface area contributed by atoms with E-state index in [2.05, 4.69) is 0 Å². The van der Waals surface area contributed by atoms with Gasteiger partial charge in [-0.25, -0.2) is 4.79 Å². The van der Waals surface area contributed by atoms with Gasteiger partial charge in [0.05, 0.1) is 12.9 Å². The van der Waals surface area contributed by atoms with Crippen LogP contribution in [0, 0.1) is 0 Å². The molecule has 1 aromatic rings. The SMILES string of the molecule is O=C(O)c1occc1CSCCO. The molecule has 0 saturated heterocycles. The normalized spacial score (nSPS) is 10.2. The van der Waals surface area contributed by atoms with Gasteiger partial charge < -0.3 is 14.6 Å². The quantitative estimate of drug-likeness (QED) is 0.702. The summed E-state index contributed by atoms with van der Waals surface area (Å²) in [6.07, 6.45) is 1.36. The Hall–Kier alpha value is -0.940. The topological polar surface area (TPSA) is 70.7 Å². The molecule has 0 amide bonds. The van der Waals surface area contributed by atoms with Gasteiger partial charge in [-0.15, -0.1) is 0 Å². The number of rotatable bonds is 5. The molecule has 0 aromatic carbocycles. The van der Waals surface area contributed by atoms with Gasteiger partial charge in [-0.2, -0.15) is 11.8 Å². The summed E-state index contributed by atoms with van der Waals surface area (Å²) in [5, 5.41) is 17.2. The zero-order valence-corrected chi connectivity index (χ0v) is 7.71. The second kappa shape index (κ2) is 4.94. The van der Waals surface area contributed by atoms with E-state index in [-0.39, 0.29) is 12.4 Å². The molecule has 1 heterocycles. The summed E-state index contributed by atoms with van der Waals surface area (Å²) in [6, 6.07) is 1.63. The van der Waals surface area contributed by atoms with Crippen LogP contribution in [-0.2, 0) is 5.75 Å². The number of hydrogen-bond acceptors (Lipinski definition) is 4. The summed E-state index contributed by atoms with van der Waals surface area (Å²) >= 11 is 1.47. The molecule has 0 aliphatic heterocycles. The number of aliphatic hydroxyl groups excluding tert-OH is 1.